The molecule has 1 aliphatic heterocycles. The van der Waals surface area contributed by atoms with Crippen LogP contribution in [0.1, 0.15) is 35.3 Å². The number of aromatic nitrogens is 1. The average molecular weight is 478 g/mol. The molecule has 2 aromatic carbocycles. The van der Waals surface area contributed by atoms with Gasteiger partial charge in [0.1, 0.15) is 21.9 Å². The highest BCUT2D eigenvalue weighted by Crippen LogP contribution is 2.43. The fraction of sp³-hybridized carbons (Fsp3) is 0.308. The van der Waals surface area contributed by atoms with Crippen LogP contribution < -0.4 is 11.2 Å². The van der Waals surface area contributed by atoms with E-state index in [4.69, 9.17) is 14.9 Å². The van der Waals surface area contributed by atoms with Gasteiger partial charge in [-0.25, -0.2) is 4.98 Å². The molecule has 0 saturated carbocycles. The SMILES string of the molecule is CCc1cc2c(=O)c(-c3nc(C)cs3)c(N)oc2c([C@H](c2ccccc2)N2CCOCC2)c1O. The van der Waals surface area contributed by atoms with Crippen LogP contribution in [0.15, 0.2) is 51.0 Å². The number of nitrogens with two attached hydrogens (primary N) is 1. The molecule has 176 valence electrons. The standard InChI is InChI=1S/C26H27N3O4S/c1-3-16-13-18-23(31)20(26-28-15(2)14-34-26)25(27)33-24(18)19(22(16)30)21(17-7-5-4-6-8-17)29-9-11-32-12-10-29/h4-8,13-14,21,30H,3,9-12,27H2,1-2H3/t21-/m0/s1. The Hall–Kier alpha value is -3.20. The smallest absolute Gasteiger partial charge is 0.205 e. The Labute approximate surface area is 201 Å². The van der Waals surface area contributed by atoms with E-state index in [2.05, 4.69) is 9.88 Å². The van der Waals surface area contributed by atoms with Crippen LogP contribution in [0.5, 0.6) is 5.75 Å². The van der Waals surface area contributed by atoms with Crippen molar-refractivity contribution in [2.75, 3.05) is 32.0 Å². The Balaban J connectivity index is 1.83. The number of nitrogen functional groups attached to an aromatic ring is 1. The summed E-state index contributed by atoms with van der Waals surface area (Å²) in [5.74, 6) is 0.140. The average Bonchev–Trinajstić information content (AvgIpc) is 3.27. The maximum Gasteiger partial charge on any atom is 0.205 e. The van der Waals surface area contributed by atoms with Gasteiger partial charge in [0.15, 0.2) is 0 Å². The fourth-order valence-corrected chi connectivity index (χ4v) is 5.49. The molecular formula is C26H27N3O4S. The number of morpholine rings is 1. The maximum absolute atomic E-state index is 13.7. The number of fused-ring (bicyclic) bond motifs is 1. The summed E-state index contributed by atoms with van der Waals surface area (Å²) in [6.07, 6.45) is 0.564. The van der Waals surface area contributed by atoms with E-state index in [0.29, 0.717) is 59.8 Å². The summed E-state index contributed by atoms with van der Waals surface area (Å²) in [6, 6.07) is 11.4. The lowest BCUT2D eigenvalue weighted by Gasteiger charge is -2.35. The van der Waals surface area contributed by atoms with Crippen LogP contribution >= 0.6 is 11.3 Å². The van der Waals surface area contributed by atoms with Gasteiger partial charge in [0, 0.05) is 24.2 Å². The zero-order valence-corrected chi connectivity index (χ0v) is 20.0. The van der Waals surface area contributed by atoms with Gasteiger partial charge in [-0.15, -0.1) is 11.3 Å². The lowest BCUT2D eigenvalue weighted by molar-refractivity contribution is 0.0236. The van der Waals surface area contributed by atoms with Crippen LogP contribution in [0.3, 0.4) is 0 Å². The van der Waals surface area contributed by atoms with Gasteiger partial charge < -0.3 is 20.0 Å². The van der Waals surface area contributed by atoms with Crippen molar-refractivity contribution in [2.24, 2.45) is 0 Å². The Morgan fingerprint density at radius 3 is 2.62 bits per heavy atom. The lowest BCUT2D eigenvalue weighted by atomic mass is 9.91. The third-order valence-electron chi connectivity index (χ3n) is 6.31. The van der Waals surface area contributed by atoms with E-state index in [1.165, 1.54) is 11.3 Å². The van der Waals surface area contributed by atoms with Crippen LogP contribution in [0.2, 0.25) is 0 Å². The van der Waals surface area contributed by atoms with Gasteiger partial charge in [-0.3, -0.25) is 9.69 Å². The van der Waals surface area contributed by atoms with E-state index in [0.717, 1.165) is 11.3 Å². The molecule has 2 aromatic heterocycles. The molecule has 3 N–H and O–H groups in total. The molecule has 7 nitrogen and oxygen atoms in total. The van der Waals surface area contributed by atoms with Gasteiger partial charge >= 0.3 is 0 Å². The summed E-state index contributed by atoms with van der Waals surface area (Å²) < 4.78 is 11.8. The third kappa shape index (κ3) is 3.87. The van der Waals surface area contributed by atoms with Crippen LogP contribution in [0, 0.1) is 6.92 Å². The zero-order chi connectivity index (χ0) is 23.8. The van der Waals surface area contributed by atoms with Crippen molar-refractivity contribution in [2.45, 2.75) is 26.3 Å². The topological polar surface area (TPSA) is 102 Å². The number of aryl methyl sites for hydroxylation is 2. The predicted molar refractivity (Wildman–Crippen MR) is 134 cm³/mol. The van der Waals surface area contributed by atoms with E-state index >= 15 is 0 Å². The van der Waals surface area contributed by atoms with E-state index in [-0.39, 0.29) is 28.7 Å². The number of phenolic OH excluding ortho intramolecular Hbond substituents is 1. The first-order chi connectivity index (χ1) is 16.5. The number of ether oxygens (including phenoxy) is 1. The number of anilines is 1. The van der Waals surface area contributed by atoms with E-state index in [1.807, 2.05) is 49.6 Å². The molecule has 0 spiro atoms. The number of hydrogen-bond acceptors (Lipinski definition) is 8. The number of aromatic hydroxyl groups is 1. The van der Waals surface area contributed by atoms with Crippen molar-refractivity contribution < 1.29 is 14.3 Å². The highest BCUT2D eigenvalue weighted by molar-refractivity contribution is 7.13. The van der Waals surface area contributed by atoms with Gasteiger partial charge in [-0.2, -0.15) is 0 Å². The normalized spacial score (nSPS) is 15.6. The molecule has 1 saturated heterocycles. The molecular weight excluding hydrogens is 450 g/mol. The van der Waals surface area contributed by atoms with E-state index < -0.39 is 0 Å². The van der Waals surface area contributed by atoms with Crippen molar-refractivity contribution >= 4 is 28.2 Å². The van der Waals surface area contributed by atoms with Crippen molar-refractivity contribution in [1.82, 2.24) is 9.88 Å². The van der Waals surface area contributed by atoms with Crippen molar-refractivity contribution in [1.29, 1.82) is 0 Å². The van der Waals surface area contributed by atoms with Crippen molar-refractivity contribution in [3.8, 4) is 16.3 Å². The van der Waals surface area contributed by atoms with E-state index in [1.54, 1.807) is 6.07 Å². The molecule has 1 atom stereocenters. The molecule has 0 unspecified atom stereocenters. The summed E-state index contributed by atoms with van der Waals surface area (Å²) in [5, 5.41) is 14.3. The maximum atomic E-state index is 13.7. The second-order valence-electron chi connectivity index (χ2n) is 8.45. The highest BCUT2D eigenvalue weighted by atomic mass is 32.1. The molecule has 0 amide bonds. The van der Waals surface area contributed by atoms with Gasteiger partial charge in [-0.05, 0) is 30.5 Å². The lowest BCUT2D eigenvalue weighted by Crippen LogP contribution is -2.39. The molecule has 1 fully saturated rings. The Morgan fingerprint density at radius 1 is 1.24 bits per heavy atom. The number of phenols is 1. The van der Waals surface area contributed by atoms with Gasteiger partial charge in [0.05, 0.1) is 30.2 Å². The summed E-state index contributed by atoms with van der Waals surface area (Å²) in [7, 11) is 0. The molecule has 5 rings (SSSR count). The van der Waals surface area contributed by atoms with Crippen LogP contribution in [0.25, 0.3) is 21.5 Å². The molecule has 0 radical (unpaired) electrons. The molecule has 34 heavy (non-hydrogen) atoms. The van der Waals surface area contributed by atoms with Crippen molar-refractivity contribution in [3.63, 3.8) is 0 Å². The summed E-state index contributed by atoms with van der Waals surface area (Å²) in [4.78, 5) is 20.4. The highest BCUT2D eigenvalue weighted by Gasteiger charge is 2.32. The number of hydrogen-bond donors (Lipinski definition) is 2. The molecule has 0 bridgehead atoms. The monoisotopic (exact) mass is 477 g/mol. The molecule has 1 aliphatic rings. The second-order valence-corrected chi connectivity index (χ2v) is 9.31. The minimum absolute atomic E-state index is 0.00513. The van der Waals surface area contributed by atoms with Crippen LogP contribution in [-0.2, 0) is 11.2 Å². The first-order valence-corrected chi connectivity index (χ1v) is 12.3. The number of benzene rings is 2. The first-order valence-electron chi connectivity index (χ1n) is 11.4. The number of thiazole rings is 1. The molecule has 8 heteroatoms. The van der Waals surface area contributed by atoms with Crippen LogP contribution in [-0.4, -0.2) is 41.3 Å². The minimum Gasteiger partial charge on any atom is -0.507 e. The summed E-state index contributed by atoms with van der Waals surface area (Å²) in [5.41, 5.74) is 9.73. The molecule has 0 aliphatic carbocycles. The summed E-state index contributed by atoms with van der Waals surface area (Å²) >= 11 is 1.36. The second kappa shape index (κ2) is 9.21. The third-order valence-corrected chi connectivity index (χ3v) is 7.29. The zero-order valence-electron chi connectivity index (χ0n) is 19.2. The Morgan fingerprint density at radius 2 is 1.97 bits per heavy atom. The minimum atomic E-state index is -0.324. The van der Waals surface area contributed by atoms with Gasteiger partial charge in [0.2, 0.25) is 11.3 Å². The largest absolute Gasteiger partial charge is 0.507 e. The first kappa shape index (κ1) is 22.6. The van der Waals surface area contributed by atoms with Gasteiger partial charge in [0.25, 0.3) is 0 Å². The Kier molecular flexibility index (Phi) is 6.12. The summed E-state index contributed by atoms with van der Waals surface area (Å²) in [6.45, 7) is 6.39. The molecule has 4 aromatic rings. The van der Waals surface area contributed by atoms with Gasteiger partial charge in [-0.1, -0.05) is 37.3 Å². The predicted octanol–water partition coefficient (Wildman–Crippen LogP) is 4.50. The number of rotatable bonds is 5. The van der Waals surface area contributed by atoms with Crippen molar-refractivity contribution in [3.05, 3.63) is 74.4 Å². The van der Waals surface area contributed by atoms with E-state index in [9.17, 15) is 9.90 Å². The quantitative estimate of drug-likeness (QED) is 0.436. The van der Waals surface area contributed by atoms with Crippen LogP contribution in [0.4, 0.5) is 5.88 Å². The Bertz CT molecular complexity index is 1390. The molecule has 3 heterocycles. The fourth-order valence-electron chi connectivity index (χ4n) is 4.65. The number of nitrogens with zero attached hydrogens (tertiary/aromatic N) is 2.